The second-order valence-corrected chi connectivity index (χ2v) is 19.9. The molecule has 0 bridgehead atoms. The predicted molar refractivity (Wildman–Crippen MR) is 325 cm³/mol. The second kappa shape index (κ2) is 62.1. The van der Waals surface area contributed by atoms with Gasteiger partial charge in [-0.05, 0) is 116 Å². The molecule has 0 rings (SSSR count). The van der Waals surface area contributed by atoms with Gasteiger partial charge in [0.15, 0.2) is 6.10 Å². The highest BCUT2D eigenvalue weighted by atomic mass is 16.6. The molecule has 1 unspecified atom stereocenters. The SMILES string of the molecule is CC/C=C\C/C=C\C/C=C\C/C=C\C/C=C\CCCCCCCC(=O)OCC(COC(=O)C/C=C\C/C=C\C/C=C\C/C=C\C/C=C\CC)OC(=O)CCCCCCCCCCC/C=C\CCCCCCCCCC. The van der Waals surface area contributed by atoms with Crippen LogP contribution in [0, 0.1) is 0 Å². The summed E-state index contributed by atoms with van der Waals surface area (Å²) in [6.45, 7) is 6.31. The van der Waals surface area contributed by atoms with Crippen molar-refractivity contribution in [1.82, 2.24) is 0 Å². The van der Waals surface area contributed by atoms with Gasteiger partial charge in [-0.15, -0.1) is 0 Å². The minimum Gasteiger partial charge on any atom is -0.462 e. The zero-order valence-electron chi connectivity index (χ0n) is 48.5. The number of rotatable bonds is 54. The molecule has 0 heterocycles. The topological polar surface area (TPSA) is 78.9 Å². The number of hydrogen-bond donors (Lipinski definition) is 0. The molecule has 6 heteroatoms. The van der Waals surface area contributed by atoms with Crippen LogP contribution in [0.3, 0.4) is 0 Å². The molecular formula is C69H112O6. The molecule has 0 aliphatic heterocycles. The highest BCUT2D eigenvalue weighted by Crippen LogP contribution is 2.15. The van der Waals surface area contributed by atoms with Gasteiger partial charge in [0, 0.05) is 12.8 Å². The highest BCUT2D eigenvalue weighted by Gasteiger charge is 2.19. The second-order valence-electron chi connectivity index (χ2n) is 19.9. The molecule has 1 atom stereocenters. The number of allylic oxidation sites excluding steroid dienone is 21. The van der Waals surface area contributed by atoms with E-state index in [2.05, 4.69) is 142 Å². The smallest absolute Gasteiger partial charge is 0.309 e. The van der Waals surface area contributed by atoms with Gasteiger partial charge in [0.2, 0.25) is 0 Å². The molecule has 0 amide bonds. The Morgan fingerprint density at radius 1 is 0.293 bits per heavy atom. The van der Waals surface area contributed by atoms with Crippen LogP contribution >= 0.6 is 0 Å². The Hall–Kier alpha value is -4.45. The first-order chi connectivity index (χ1) is 37.0. The van der Waals surface area contributed by atoms with Gasteiger partial charge in [0.05, 0.1) is 6.42 Å². The average molecular weight is 1040 g/mol. The summed E-state index contributed by atoms with van der Waals surface area (Å²) in [5.41, 5.74) is 0. The normalized spacial score (nSPS) is 13.1. The molecule has 0 saturated carbocycles. The Kier molecular flexibility index (Phi) is 58.4. The number of carbonyl (C=O) groups is 3. The summed E-state index contributed by atoms with van der Waals surface area (Å²) in [6.07, 6.45) is 87.6. The first-order valence-electron chi connectivity index (χ1n) is 30.7. The lowest BCUT2D eigenvalue weighted by atomic mass is 10.1. The Morgan fingerprint density at radius 2 is 0.573 bits per heavy atom. The predicted octanol–water partition coefficient (Wildman–Crippen LogP) is 21.0. The minimum absolute atomic E-state index is 0.118. The van der Waals surface area contributed by atoms with E-state index in [9.17, 15) is 14.4 Å². The van der Waals surface area contributed by atoms with Crippen LogP contribution in [0.2, 0.25) is 0 Å². The summed E-state index contributed by atoms with van der Waals surface area (Å²) < 4.78 is 16.8. The molecule has 0 aromatic carbocycles. The van der Waals surface area contributed by atoms with E-state index >= 15 is 0 Å². The van der Waals surface area contributed by atoms with Gasteiger partial charge in [0.1, 0.15) is 13.2 Å². The molecule has 6 nitrogen and oxygen atoms in total. The summed E-state index contributed by atoms with van der Waals surface area (Å²) in [4.78, 5) is 38.2. The largest absolute Gasteiger partial charge is 0.462 e. The van der Waals surface area contributed by atoms with E-state index in [1.807, 2.05) is 6.08 Å². The van der Waals surface area contributed by atoms with Crippen LogP contribution in [0.5, 0.6) is 0 Å². The summed E-state index contributed by atoms with van der Waals surface area (Å²) in [5.74, 6) is -1.08. The summed E-state index contributed by atoms with van der Waals surface area (Å²) >= 11 is 0. The van der Waals surface area contributed by atoms with Gasteiger partial charge in [-0.2, -0.15) is 0 Å². The zero-order valence-corrected chi connectivity index (χ0v) is 48.5. The molecule has 0 radical (unpaired) electrons. The first kappa shape index (κ1) is 70.5. The van der Waals surface area contributed by atoms with Crippen molar-refractivity contribution in [2.45, 2.75) is 271 Å². The number of carbonyl (C=O) groups excluding carboxylic acids is 3. The first-order valence-corrected chi connectivity index (χ1v) is 30.7. The van der Waals surface area contributed by atoms with Gasteiger partial charge in [-0.25, -0.2) is 0 Å². The van der Waals surface area contributed by atoms with Gasteiger partial charge in [0.25, 0.3) is 0 Å². The Balaban J connectivity index is 4.51. The maximum atomic E-state index is 12.9. The fourth-order valence-electron chi connectivity index (χ4n) is 8.13. The molecular weight excluding hydrogens is 925 g/mol. The minimum atomic E-state index is -0.833. The maximum Gasteiger partial charge on any atom is 0.309 e. The van der Waals surface area contributed by atoms with Crippen LogP contribution in [-0.4, -0.2) is 37.2 Å². The van der Waals surface area contributed by atoms with Crippen LogP contribution in [-0.2, 0) is 28.6 Å². The van der Waals surface area contributed by atoms with Crippen molar-refractivity contribution < 1.29 is 28.6 Å². The van der Waals surface area contributed by atoms with Crippen molar-refractivity contribution in [2.75, 3.05) is 13.2 Å². The third kappa shape index (κ3) is 60.3. The van der Waals surface area contributed by atoms with Crippen LogP contribution in [0.1, 0.15) is 265 Å². The molecule has 0 aliphatic carbocycles. The summed E-state index contributed by atoms with van der Waals surface area (Å²) in [5, 5.41) is 0. The van der Waals surface area contributed by atoms with Crippen molar-refractivity contribution in [2.24, 2.45) is 0 Å². The molecule has 0 saturated heterocycles. The monoisotopic (exact) mass is 1040 g/mol. The standard InChI is InChI=1S/C69H112O6/c1-4-7-10-13-16-19-22-25-28-30-32-34-36-38-41-44-47-50-53-56-59-62-68(71)74-65-66(64-73-67(70)61-58-55-52-49-46-43-40-27-24-21-18-15-12-9-6-3)75-69(72)63-60-57-54-51-48-45-42-39-37-35-33-31-29-26-23-20-17-14-11-8-5-2/h7,9-10,12,16,18-19,21,25,27-28,31-34,38,40-41,46,49,55,58,66H,4-6,8,11,13-15,17,20,22-24,26,29-30,35-37,39,42-45,47-48,50-54,56-57,59-65H2,1-3H3/b10-7-,12-9-,19-16-,21-18-,28-25-,33-31-,34-32-,40-27-,41-38-,49-46-,58-55-. The number of esters is 3. The lowest BCUT2D eigenvalue weighted by Crippen LogP contribution is -2.30. The number of ether oxygens (including phenoxy) is 3. The van der Waals surface area contributed by atoms with Gasteiger partial charge < -0.3 is 14.2 Å². The summed E-state index contributed by atoms with van der Waals surface area (Å²) in [6, 6.07) is 0. The molecule has 0 N–H and O–H groups in total. The maximum absolute atomic E-state index is 12.9. The van der Waals surface area contributed by atoms with Crippen molar-refractivity contribution in [3.05, 3.63) is 134 Å². The van der Waals surface area contributed by atoms with E-state index in [0.29, 0.717) is 12.8 Å². The van der Waals surface area contributed by atoms with Gasteiger partial charge in [-0.1, -0.05) is 264 Å². The fraction of sp³-hybridized carbons (Fsp3) is 0.638. The molecule has 0 spiro atoms. The van der Waals surface area contributed by atoms with Crippen molar-refractivity contribution >= 4 is 17.9 Å². The van der Waals surface area contributed by atoms with E-state index in [1.165, 1.54) is 103 Å². The molecule has 0 aromatic rings. The molecule has 424 valence electrons. The summed E-state index contributed by atoms with van der Waals surface area (Å²) in [7, 11) is 0. The molecule has 75 heavy (non-hydrogen) atoms. The van der Waals surface area contributed by atoms with Crippen molar-refractivity contribution in [1.29, 1.82) is 0 Å². The Labute approximate surface area is 462 Å². The average Bonchev–Trinajstić information content (AvgIpc) is 3.41. The lowest BCUT2D eigenvalue weighted by molar-refractivity contribution is -0.166. The van der Waals surface area contributed by atoms with Crippen molar-refractivity contribution in [3.8, 4) is 0 Å². The quantitative estimate of drug-likeness (QED) is 0.0261. The van der Waals surface area contributed by atoms with E-state index in [-0.39, 0.29) is 31.6 Å². The highest BCUT2D eigenvalue weighted by molar-refractivity contribution is 5.72. The zero-order chi connectivity index (χ0) is 54.3. The molecule has 0 fully saturated rings. The van der Waals surface area contributed by atoms with E-state index in [1.54, 1.807) is 6.08 Å². The lowest BCUT2D eigenvalue weighted by Gasteiger charge is -2.18. The van der Waals surface area contributed by atoms with E-state index in [0.717, 1.165) is 122 Å². The molecule has 0 aromatic heterocycles. The van der Waals surface area contributed by atoms with Crippen LogP contribution in [0.4, 0.5) is 0 Å². The fourth-order valence-corrected chi connectivity index (χ4v) is 8.13. The van der Waals surface area contributed by atoms with Gasteiger partial charge >= 0.3 is 17.9 Å². The third-order valence-corrected chi connectivity index (χ3v) is 12.7. The van der Waals surface area contributed by atoms with Crippen molar-refractivity contribution in [3.63, 3.8) is 0 Å². The molecule has 0 aliphatic rings. The third-order valence-electron chi connectivity index (χ3n) is 12.7. The van der Waals surface area contributed by atoms with E-state index < -0.39 is 12.1 Å². The van der Waals surface area contributed by atoms with Crippen LogP contribution in [0.25, 0.3) is 0 Å². The Morgan fingerprint density at radius 3 is 0.947 bits per heavy atom. The van der Waals surface area contributed by atoms with Crippen LogP contribution < -0.4 is 0 Å². The number of unbranched alkanes of at least 4 members (excludes halogenated alkanes) is 22. The number of hydrogen-bond acceptors (Lipinski definition) is 6. The van der Waals surface area contributed by atoms with E-state index in [4.69, 9.17) is 14.2 Å². The van der Waals surface area contributed by atoms with Gasteiger partial charge in [-0.3, -0.25) is 14.4 Å². The van der Waals surface area contributed by atoms with Crippen LogP contribution in [0.15, 0.2) is 134 Å². The Bertz CT molecular complexity index is 1620.